The molecule has 1 fully saturated rings. The molecule has 0 aliphatic carbocycles. The first-order chi connectivity index (χ1) is 9.72. The van der Waals surface area contributed by atoms with Crippen LogP contribution in [0.5, 0.6) is 0 Å². The number of hydrogen-bond donors (Lipinski definition) is 1. The first-order valence-electron chi connectivity index (χ1n) is 7.32. The van der Waals surface area contributed by atoms with E-state index < -0.39 is 5.97 Å². The zero-order valence-corrected chi connectivity index (χ0v) is 12.4. The van der Waals surface area contributed by atoms with E-state index >= 15 is 0 Å². The van der Waals surface area contributed by atoms with Crippen LogP contribution in [0.25, 0.3) is 0 Å². The highest BCUT2D eigenvalue weighted by atomic mass is 16.5. The van der Waals surface area contributed by atoms with Gasteiger partial charge in [0.05, 0.1) is 13.4 Å². The van der Waals surface area contributed by atoms with Crippen molar-refractivity contribution in [2.45, 2.75) is 38.8 Å². The monoisotopic (exact) mass is 280 g/mol. The Balaban J connectivity index is 1.78. The highest BCUT2D eigenvalue weighted by Gasteiger charge is 2.18. The molecule has 1 saturated heterocycles. The Hall–Kier alpha value is -1.33. The molecule has 1 N–H and O–H groups in total. The van der Waals surface area contributed by atoms with Gasteiger partial charge in [-0.15, -0.1) is 0 Å². The number of methoxy groups -OCH3 is 1. The Kier molecular flexibility index (Phi) is 5.61. The molecule has 0 amide bonds. The number of carbonyl (C=O) groups excluding carboxylic acids is 1. The Morgan fingerprint density at radius 3 is 2.90 bits per heavy atom. The van der Waals surface area contributed by atoms with E-state index in [9.17, 15) is 4.79 Å². The molecule has 5 nitrogen and oxygen atoms in total. The van der Waals surface area contributed by atoms with Crippen molar-refractivity contribution in [1.29, 1.82) is 0 Å². The molecule has 1 aromatic rings. The average Bonchev–Trinajstić information content (AvgIpc) is 2.95. The number of nitrogens with one attached hydrogen (secondary N) is 1. The zero-order valence-electron chi connectivity index (χ0n) is 12.4. The fraction of sp³-hybridized carbons (Fsp3) is 0.667. The first kappa shape index (κ1) is 15.1. The van der Waals surface area contributed by atoms with E-state index in [2.05, 4.69) is 21.9 Å². The molecule has 112 valence electrons. The van der Waals surface area contributed by atoms with Crippen LogP contribution in [0.4, 0.5) is 0 Å². The lowest BCUT2D eigenvalue weighted by Gasteiger charge is -2.32. The van der Waals surface area contributed by atoms with E-state index in [0.717, 1.165) is 12.1 Å². The third kappa shape index (κ3) is 3.84. The summed E-state index contributed by atoms with van der Waals surface area (Å²) in [6.07, 6.45) is 5.49. The third-order valence-corrected chi connectivity index (χ3v) is 3.89. The second-order valence-corrected chi connectivity index (χ2v) is 5.34. The van der Waals surface area contributed by atoms with Crippen LogP contribution in [-0.4, -0.2) is 43.7 Å². The second kappa shape index (κ2) is 7.45. The molecular weight excluding hydrogens is 256 g/mol. The van der Waals surface area contributed by atoms with Crippen molar-refractivity contribution in [2.24, 2.45) is 0 Å². The summed E-state index contributed by atoms with van der Waals surface area (Å²) in [6.45, 7) is 6.17. The highest BCUT2D eigenvalue weighted by molar-refractivity contribution is 5.87. The topological polar surface area (TPSA) is 54.7 Å². The van der Waals surface area contributed by atoms with Gasteiger partial charge < -0.3 is 14.5 Å². The SMILES string of the molecule is COC(=O)c1occc1CNCC(C)N1CCCCC1. The molecule has 1 atom stereocenters. The van der Waals surface area contributed by atoms with Gasteiger partial charge in [0, 0.05) is 24.7 Å². The predicted octanol–water partition coefficient (Wildman–Crippen LogP) is 2.03. The summed E-state index contributed by atoms with van der Waals surface area (Å²) in [6, 6.07) is 2.33. The van der Waals surface area contributed by atoms with Gasteiger partial charge in [-0.05, 0) is 38.9 Å². The third-order valence-electron chi connectivity index (χ3n) is 3.89. The summed E-state index contributed by atoms with van der Waals surface area (Å²) >= 11 is 0. The number of likely N-dealkylation sites (tertiary alicyclic amines) is 1. The van der Waals surface area contributed by atoms with Crippen LogP contribution in [0, 0.1) is 0 Å². The molecule has 2 heterocycles. The first-order valence-corrected chi connectivity index (χ1v) is 7.32. The fourth-order valence-electron chi connectivity index (χ4n) is 2.65. The standard InChI is InChI=1S/C15H24N2O3/c1-12(17-7-4-3-5-8-17)10-16-11-13-6-9-20-14(13)15(18)19-2/h6,9,12,16H,3-5,7-8,10-11H2,1-2H3. The van der Waals surface area contributed by atoms with Crippen LogP contribution < -0.4 is 5.32 Å². The van der Waals surface area contributed by atoms with Crippen molar-refractivity contribution >= 4 is 5.97 Å². The summed E-state index contributed by atoms with van der Waals surface area (Å²) < 4.78 is 9.86. The van der Waals surface area contributed by atoms with E-state index in [-0.39, 0.29) is 0 Å². The van der Waals surface area contributed by atoms with E-state index in [4.69, 9.17) is 4.42 Å². The molecule has 0 radical (unpaired) electrons. The van der Waals surface area contributed by atoms with Crippen LogP contribution in [-0.2, 0) is 11.3 Å². The Morgan fingerprint density at radius 2 is 2.20 bits per heavy atom. The van der Waals surface area contributed by atoms with Gasteiger partial charge in [-0.2, -0.15) is 0 Å². The molecule has 1 aliphatic heterocycles. The van der Waals surface area contributed by atoms with E-state index in [0.29, 0.717) is 18.3 Å². The predicted molar refractivity (Wildman–Crippen MR) is 76.6 cm³/mol. The van der Waals surface area contributed by atoms with Crippen molar-refractivity contribution in [3.8, 4) is 0 Å². The fourth-order valence-corrected chi connectivity index (χ4v) is 2.65. The van der Waals surface area contributed by atoms with Crippen LogP contribution in [0.15, 0.2) is 16.7 Å². The second-order valence-electron chi connectivity index (χ2n) is 5.34. The molecule has 0 saturated carbocycles. The molecule has 2 rings (SSSR count). The summed E-state index contributed by atoms with van der Waals surface area (Å²) in [7, 11) is 1.36. The van der Waals surface area contributed by atoms with Gasteiger partial charge in [0.25, 0.3) is 0 Å². The minimum absolute atomic E-state index is 0.297. The summed E-state index contributed by atoms with van der Waals surface area (Å²) in [5, 5.41) is 3.39. The molecule has 0 aromatic carbocycles. The van der Waals surface area contributed by atoms with Gasteiger partial charge in [0.15, 0.2) is 0 Å². The van der Waals surface area contributed by atoms with Gasteiger partial charge in [0.2, 0.25) is 5.76 Å². The van der Waals surface area contributed by atoms with Crippen molar-refractivity contribution in [3.05, 3.63) is 23.7 Å². The molecular formula is C15H24N2O3. The maximum atomic E-state index is 11.5. The molecule has 0 spiro atoms. The van der Waals surface area contributed by atoms with Crippen molar-refractivity contribution in [3.63, 3.8) is 0 Å². The van der Waals surface area contributed by atoms with Crippen LogP contribution in [0.2, 0.25) is 0 Å². The zero-order chi connectivity index (χ0) is 14.4. The van der Waals surface area contributed by atoms with E-state index in [1.165, 1.54) is 45.7 Å². The number of esters is 1. The Bertz CT molecular complexity index is 425. The van der Waals surface area contributed by atoms with Crippen molar-refractivity contribution < 1.29 is 13.9 Å². The molecule has 1 aromatic heterocycles. The lowest BCUT2D eigenvalue weighted by Crippen LogP contribution is -2.43. The minimum Gasteiger partial charge on any atom is -0.463 e. The van der Waals surface area contributed by atoms with E-state index in [1.807, 2.05) is 6.07 Å². The summed E-state index contributed by atoms with van der Waals surface area (Å²) in [4.78, 5) is 14.0. The average molecular weight is 280 g/mol. The highest BCUT2D eigenvalue weighted by Crippen LogP contribution is 2.13. The van der Waals surface area contributed by atoms with Crippen molar-refractivity contribution in [1.82, 2.24) is 10.2 Å². The van der Waals surface area contributed by atoms with Crippen LogP contribution in [0.1, 0.15) is 42.3 Å². The number of piperidine rings is 1. The molecule has 1 aliphatic rings. The molecule has 20 heavy (non-hydrogen) atoms. The maximum Gasteiger partial charge on any atom is 0.374 e. The number of hydrogen-bond acceptors (Lipinski definition) is 5. The van der Waals surface area contributed by atoms with Crippen LogP contribution in [0.3, 0.4) is 0 Å². The summed E-state index contributed by atoms with van der Waals surface area (Å²) in [5.41, 5.74) is 0.850. The number of furan rings is 1. The largest absolute Gasteiger partial charge is 0.463 e. The van der Waals surface area contributed by atoms with Gasteiger partial charge >= 0.3 is 5.97 Å². The quantitative estimate of drug-likeness (QED) is 0.808. The van der Waals surface area contributed by atoms with Crippen molar-refractivity contribution in [2.75, 3.05) is 26.7 Å². The van der Waals surface area contributed by atoms with Gasteiger partial charge in [-0.25, -0.2) is 4.79 Å². The lowest BCUT2D eigenvalue weighted by atomic mass is 10.1. The van der Waals surface area contributed by atoms with E-state index in [1.54, 1.807) is 0 Å². The van der Waals surface area contributed by atoms with Crippen LogP contribution >= 0.6 is 0 Å². The number of carbonyl (C=O) groups is 1. The Labute approximate surface area is 120 Å². The molecule has 5 heteroatoms. The number of rotatable bonds is 6. The number of nitrogens with zero attached hydrogens (tertiary/aromatic N) is 1. The Morgan fingerprint density at radius 1 is 1.45 bits per heavy atom. The van der Waals surface area contributed by atoms with Gasteiger partial charge in [0.1, 0.15) is 0 Å². The maximum absolute atomic E-state index is 11.5. The number of ether oxygens (including phenoxy) is 1. The van der Waals surface area contributed by atoms with Gasteiger partial charge in [-0.3, -0.25) is 4.90 Å². The smallest absolute Gasteiger partial charge is 0.374 e. The van der Waals surface area contributed by atoms with Gasteiger partial charge in [-0.1, -0.05) is 6.42 Å². The minimum atomic E-state index is -0.420. The normalized spacial score (nSPS) is 17.9. The molecule has 1 unspecified atom stereocenters. The lowest BCUT2D eigenvalue weighted by molar-refractivity contribution is 0.0563. The molecule has 0 bridgehead atoms. The summed E-state index contributed by atoms with van der Waals surface area (Å²) in [5.74, 6) is -0.124.